The number of aryl methyl sites for hydroxylation is 1. The highest BCUT2D eigenvalue weighted by Crippen LogP contribution is 2.29. The zero-order chi connectivity index (χ0) is 13.3. The monoisotopic (exact) mass is 265 g/mol. The van der Waals surface area contributed by atoms with E-state index in [9.17, 15) is 0 Å². The highest BCUT2D eigenvalue weighted by molar-refractivity contribution is 6.31. The SMILES string of the molecule is CCc1c(CNC(C)(C)C)oc2ccc(Cl)cc12. The molecule has 0 unspecified atom stereocenters. The maximum atomic E-state index is 6.05. The Morgan fingerprint density at radius 3 is 2.61 bits per heavy atom. The Labute approximate surface area is 113 Å². The zero-order valence-electron chi connectivity index (χ0n) is 11.4. The molecule has 0 atom stereocenters. The van der Waals surface area contributed by atoms with Gasteiger partial charge >= 0.3 is 0 Å². The molecule has 1 heterocycles. The molecule has 0 radical (unpaired) electrons. The van der Waals surface area contributed by atoms with Gasteiger partial charge in [-0.25, -0.2) is 0 Å². The van der Waals surface area contributed by atoms with Crippen LogP contribution >= 0.6 is 11.6 Å². The molecule has 1 aromatic carbocycles. The molecular weight excluding hydrogens is 246 g/mol. The average molecular weight is 266 g/mol. The van der Waals surface area contributed by atoms with Crippen LogP contribution < -0.4 is 5.32 Å². The van der Waals surface area contributed by atoms with Crippen molar-refractivity contribution in [3.05, 3.63) is 34.5 Å². The van der Waals surface area contributed by atoms with Gasteiger partial charge in [-0.05, 0) is 45.4 Å². The number of benzene rings is 1. The molecule has 18 heavy (non-hydrogen) atoms. The smallest absolute Gasteiger partial charge is 0.134 e. The van der Waals surface area contributed by atoms with Crippen LogP contribution in [0.15, 0.2) is 22.6 Å². The van der Waals surface area contributed by atoms with Crippen LogP contribution in [0.4, 0.5) is 0 Å². The maximum absolute atomic E-state index is 6.05. The number of hydrogen-bond acceptors (Lipinski definition) is 2. The van der Waals surface area contributed by atoms with E-state index in [-0.39, 0.29) is 5.54 Å². The van der Waals surface area contributed by atoms with E-state index in [1.54, 1.807) is 0 Å². The van der Waals surface area contributed by atoms with Gasteiger partial charge in [-0.3, -0.25) is 0 Å². The second-order valence-electron chi connectivity index (χ2n) is 5.60. The Hall–Kier alpha value is -0.990. The molecule has 2 aromatic rings. The quantitative estimate of drug-likeness (QED) is 0.882. The van der Waals surface area contributed by atoms with E-state index in [0.29, 0.717) is 0 Å². The fourth-order valence-corrected chi connectivity index (χ4v) is 2.22. The number of halogens is 1. The molecular formula is C15H20ClNO. The van der Waals surface area contributed by atoms with E-state index in [1.807, 2.05) is 18.2 Å². The van der Waals surface area contributed by atoms with Crippen molar-refractivity contribution in [2.75, 3.05) is 0 Å². The summed E-state index contributed by atoms with van der Waals surface area (Å²) in [7, 11) is 0. The summed E-state index contributed by atoms with van der Waals surface area (Å²) in [6.45, 7) is 9.35. The van der Waals surface area contributed by atoms with Crippen LogP contribution in [0, 0.1) is 0 Å². The van der Waals surface area contributed by atoms with Gasteiger partial charge in [0.15, 0.2) is 0 Å². The second-order valence-corrected chi connectivity index (χ2v) is 6.04. The number of nitrogens with one attached hydrogen (secondary N) is 1. The summed E-state index contributed by atoms with van der Waals surface area (Å²) in [5.74, 6) is 1.02. The van der Waals surface area contributed by atoms with Crippen LogP contribution in [0.3, 0.4) is 0 Å². The summed E-state index contributed by atoms with van der Waals surface area (Å²) >= 11 is 6.05. The normalized spacial score (nSPS) is 12.3. The number of hydrogen-bond donors (Lipinski definition) is 1. The molecule has 0 aliphatic carbocycles. The topological polar surface area (TPSA) is 25.2 Å². The molecule has 0 bridgehead atoms. The third-order valence-electron chi connectivity index (χ3n) is 2.97. The highest BCUT2D eigenvalue weighted by atomic mass is 35.5. The molecule has 0 aliphatic heterocycles. The van der Waals surface area contributed by atoms with E-state index in [2.05, 4.69) is 33.0 Å². The van der Waals surface area contributed by atoms with Gasteiger partial charge in [-0.2, -0.15) is 0 Å². The standard InChI is InChI=1S/C15H20ClNO/c1-5-11-12-8-10(16)6-7-13(12)18-14(11)9-17-15(2,3)4/h6-8,17H,5,9H2,1-4H3. The summed E-state index contributed by atoms with van der Waals surface area (Å²) in [5, 5.41) is 5.35. The lowest BCUT2D eigenvalue weighted by molar-refractivity contribution is 0.393. The Balaban J connectivity index is 2.38. The van der Waals surface area contributed by atoms with Crippen LogP contribution in [0.2, 0.25) is 5.02 Å². The lowest BCUT2D eigenvalue weighted by atomic mass is 10.1. The van der Waals surface area contributed by atoms with Gasteiger partial charge in [-0.15, -0.1) is 0 Å². The largest absolute Gasteiger partial charge is 0.459 e. The van der Waals surface area contributed by atoms with Gasteiger partial charge in [0.05, 0.1) is 6.54 Å². The summed E-state index contributed by atoms with van der Waals surface area (Å²) in [6, 6.07) is 5.80. The van der Waals surface area contributed by atoms with Crippen LogP contribution in [0.1, 0.15) is 39.0 Å². The molecule has 0 saturated carbocycles. The molecule has 3 heteroatoms. The van der Waals surface area contributed by atoms with Crippen molar-refractivity contribution in [3.63, 3.8) is 0 Å². The lowest BCUT2D eigenvalue weighted by Crippen LogP contribution is -2.35. The van der Waals surface area contributed by atoms with Gasteiger partial charge in [0.25, 0.3) is 0 Å². The number of rotatable bonds is 3. The predicted octanol–water partition coefficient (Wildman–Crippen LogP) is 4.54. The van der Waals surface area contributed by atoms with Crippen LogP contribution in [-0.4, -0.2) is 5.54 Å². The van der Waals surface area contributed by atoms with Crippen LogP contribution in [0.5, 0.6) is 0 Å². The lowest BCUT2D eigenvalue weighted by Gasteiger charge is -2.19. The van der Waals surface area contributed by atoms with E-state index in [4.69, 9.17) is 16.0 Å². The summed E-state index contributed by atoms with van der Waals surface area (Å²) < 4.78 is 5.92. The second kappa shape index (κ2) is 4.94. The highest BCUT2D eigenvalue weighted by Gasteiger charge is 2.15. The Morgan fingerprint density at radius 1 is 1.28 bits per heavy atom. The van der Waals surface area contributed by atoms with Gasteiger partial charge in [0, 0.05) is 21.5 Å². The minimum atomic E-state index is 0.0850. The van der Waals surface area contributed by atoms with E-state index in [1.165, 1.54) is 5.56 Å². The summed E-state index contributed by atoms with van der Waals surface area (Å²) in [6.07, 6.45) is 0.953. The van der Waals surface area contributed by atoms with Crippen molar-refractivity contribution in [1.29, 1.82) is 0 Å². The average Bonchev–Trinajstić information content (AvgIpc) is 2.62. The van der Waals surface area contributed by atoms with Gasteiger partial charge < -0.3 is 9.73 Å². The molecule has 1 aromatic heterocycles. The summed E-state index contributed by atoms with van der Waals surface area (Å²) in [4.78, 5) is 0. The predicted molar refractivity (Wildman–Crippen MR) is 77.2 cm³/mol. The van der Waals surface area contributed by atoms with Crippen LogP contribution in [0.25, 0.3) is 11.0 Å². The third-order valence-corrected chi connectivity index (χ3v) is 3.20. The van der Waals surface area contributed by atoms with Crippen molar-refractivity contribution in [2.24, 2.45) is 0 Å². The molecule has 0 fully saturated rings. The molecule has 0 saturated heterocycles. The first-order valence-electron chi connectivity index (χ1n) is 6.35. The van der Waals surface area contributed by atoms with Crippen molar-refractivity contribution >= 4 is 22.6 Å². The van der Waals surface area contributed by atoms with Crippen molar-refractivity contribution in [2.45, 2.75) is 46.2 Å². The maximum Gasteiger partial charge on any atom is 0.134 e. The van der Waals surface area contributed by atoms with Crippen molar-refractivity contribution in [1.82, 2.24) is 5.32 Å². The van der Waals surface area contributed by atoms with E-state index >= 15 is 0 Å². The number of furan rings is 1. The first-order valence-corrected chi connectivity index (χ1v) is 6.73. The van der Waals surface area contributed by atoms with Crippen molar-refractivity contribution in [3.8, 4) is 0 Å². The summed E-state index contributed by atoms with van der Waals surface area (Å²) in [5.41, 5.74) is 2.26. The molecule has 1 N–H and O–H groups in total. The molecule has 0 spiro atoms. The first-order chi connectivity index (χ1) is 8.40. The Bertz CT molecular complexity index is 551. The van der Waals surface area contributed by atoms with Gasteiger partial charge in [-0.1, -0.05) is 18.5 Å². The third kappa shape index (κ3) is 2.88. The minimum Gasteiger partial charge on any atom is -0.459 e. The van der Waals surface area contributed by atoms with E-state index < -0.39 is 0 Å². The zero-order valence-corrected chi connectivity index (χ0v) is 12.2. The molecule has 2 nitrogen and oxygen atoms in total. The Morgan fingerprint density at radius 2 is 2.00 bits per heavy atom. The molecule has 0 aliphatic rings. The minimum absolute atomic E-state index is 0.0850. The molecule has 98 valence electrons. The fraction of sp³-hybridized carbons (Fsp3) is 0.467. The molecule has 2 rings (SSSR count). The Kier molecular flexibility index (Phi) is 3.69. The molecule has 0 amide bonds. The van der Waals surface area contributed by atoms with Gasteiger partial charge in [0.2, 0.25) is 0 Å². The fourth-order valence-electron chi connectivity index (χ4n) is 2.05. The van der Waals surface area contributed by atoms with Crippen LogP contribution in [-0.2, 0) is 13.0 Å². The number of fused-ring (bicyclic) bond motifs is 1. The van der Waals surface area contributed by atoms with Gasteiger partial charge in [0.1, 0.15) is 11.3 Å². The van der Waals surface area contributed by atoms with Crippen molar-refractivity contribution < 1.29 is 4.42 Å². The van der Waals surface area contributed by atoms with E-state index in [0.717, 1.165) is 34.7 Å². The first kappa shape index (κ1) is 13.4.